The van der Waals surface area contributed by atoms with E-state index in [4.69, 9.17) is 5.73 Å². The number of rotatable bonds is 2. The molecule has 17 heavy (non-hydrogen) atoms. The van der Waals surface area contributed by atoms with Gasteiger partial charge in [-0.1, -0.05) is 6.07 Å². The van der Waals surface area contributed by atoms with Gasteiger partial charge in [0.1, 0.15) is 0 Å². The Morgan fingerprint density at radius 2 is 2.29 bits per heavy atom. The number of pyridine rings is 1. The number of hydrogen-bond donors (Lipinski definition) is 1. The quantitative estimate of drug-likeness (QED) is 0.851. The maximum Gasteiger partial charge on any atom is 0.0842 e. The number of fused-ring (bicyclic) bond motifs is 1. The molecule has 88 valence electrons. The molecule has 3 heterocycles. The van der Waals surface area contributed by atoms with Gasteiger partial charge in [-0.05, 0) is 25.3 Å². The molecule has 0 saturated heterocycles. The fraction of sp³-hybridized carbons (Fsp3) is 0.385. The van der Waals surface area contributed by atoms with Crippen molar-refractivity contribution in [2.75, 3.05) is 0 Å². The molecule has 1 aliphatic rings. The minimum atomic E-state index is 0.490. The molecule has 2 aromatic rings. The second-order valence-electron chi connectivity index (χ2n) is 4.39. The third kappa shape index (κ3) is 1.74. The van der Waals surface area contributed by atoms with E-state index in [0.717, 1.165) is 24.2 Å². The third-order valence-electron chi connectivity index (χ3n) is 3.31. The number of aromatic nitrogens is 3. The first-order valence-corrected chi connectivity index (χ1v) is 6.09. The molecular formula is C13H16N4. The molecule has 0 aromatic carbocycles. The summed E-state index contributed by atoms with van der Waals surface area (Å²) in [6.45, 7) is 1.51. The number of nitrogens with two attached hydrogens (primary N) is 1. The molecule has 3 rings (SSSR count). The van der Waals surface area contributed by atoms with E-state index in [-0.39, 0.29) is 0 Å². The van der Waals surface area contributed by atoms with Gasteiger partial charge in [0.25, 0.3) is 0 Å². The number of aryl methyl sites for hydroxylation is 1. The van der Waals surface area contributed by atoms with E-state index in [2.05, 4.69) is 20.8 Å². The second-order valence-corrected chi connectivity index (χ2v) is 4.39. The van der Waals surface area contributed by atoms with Crippen LogP contribution in [-0.2, 0) is 19.5 Å². The van der Waals surface area contributed by atoms with E-state index in [1.54, 1.807) is 6.20 Å². The van der Waals surface area contributed by atoms with Gasteiger partial charge >= 0.3 is 0 Å². The molecule has 4 heteroatoms. The lowest BCUT2D eigenvalue weighted by atomic mass is 10.00. The molecule has 2 N–H and O–H groups in total. The highest BCUT2D eigenvalue weighted by Crippen LogP contribution is 2.30. The Kier molecular flexibility index (Phi) is 2.65. The Morgan fingerprint density at radius 1 is 1.35 bits per heavy atom. The van der Waals surface area contributed by atoms with Crippen LogP contribution in [-0.4, -0.2) is 14.8 Å². The lowest BCUT2D eigenvalue weighted by Crippen LogP contribution is -2.11. The summed E-state index contributed by atoms with van der Waals surface area (Å²) in [6.07, 6.45) is 7.23. The number of hydrogen-bond acceptors (Lipinski definition) is 3. The lowest BCUT2D eigenvalue weighted by molar-refractivity contribution is 0.484. The summed E-state index contributed by atoms with van der Waals surface area (Å²) in [7, 11) is 0. The van der Waals surface area contributed by atoms with Crippen LogP contribution in [0.3, 0.4) is 0 Å². The zero-order valence-corrected chi connectivity index (χ0v) is 9.76. The van der Waals surface area contributed by atoms with E-state index < -0.39 is 0 Å². The van der Waals surface area contributed by atoms with Crippen molar-refractivity contribution in [2.24, 2.45) is 5.73 Å². The van der Waals surface area contributed by atoms with Crippen molar-refractivity contribution in [3.05, 3.63) is 35.9 Å². The van der Waals surface area contributed by atoms with Gasteiger partial charge in [-0.25, -0.2) is 0 Å². The van der Waals surface area contributed by atoms with E-state index in [1.165, 1.54) is 24.1 Å². The molecule has 0 amide bonds. The van der Waals surface area contributed by atoms with Crippen LogP contribution in [0.5, 0.6) is 0 Å². The van der Waals surface area contributed by atoms with Crippen LogP contribution >= 0.6 is 0 Å². The largest absolute Gasteiger partial charge is 0.325 e. The van der Waals surface area contributed by atoms with E-state index >= 15 is 0 Å². The van der Waals surface area contributed by atoms with Crippen LogP contribution < -0.4 is 5.73 Å². The van der Waals surface area contributed by atoms with Gasteiger partial charge < -0.3 is 5.73 Å². The SMILES string of the molecule is NCc1nn2c(c1-c1cccnc1)CCCC2. The molecule has 0 unspecified atom stereocenters. The molecule has 2 aromatic heterocycles. The maximum atomic E-state index is 5.80. The molecule has 1 aliphatic heterocycles. The monoisotopic (exact) mass is 228 g/mol. The van der Waals surface area contributed by atoms with Gasteiger partial charge in [-0.3, -0.25) is 9.67 Å². The Bertz CT molecular complexity index is 516. The molecule has 0 saturated carbocycles. The molecule has 0 atom stereocenters. The van der Waals surface area contributed by atoms with E-state index in [0.29, 0.717) is 6.54 Å². The van der Waals surface area contributed by atoms with Gasteiger partial charge in [-0.15, -0.1) is 0 Å². The van der Waals surface area contributed by atoms with Crippen molar-refractivity contribution in [3.8, 4) is 11.1 Å². The molecule has 0 fully saturated rings. The topological polar surface area (TPSA) is 56.7 Å². The first kappa shape index (κ1) is 10.5. The molecule has 0 spiro atoms. The fourth-order valence-corrected chi connectivity index (χ4v) is 2.53. The summed E-state index contributed by atoms with van der Waals surface area (Å²) in [5, 5.41) is 4.61. The Labute approximate surface area is 100 Å². The van der Waals surface area contributed by atoms with E-state index in [1.807, 2.05) is 12.3 Å². The molecular weight excluding hydrogens is 212 g/mol. The predicted molar refractivity (Wildman–Crippen MR) is 66.3 cm³/mol. The van der Waals surface area contributed by atoms with Crippen LogP contribution in [0.4, 0.5) is 0 Å². The van der Waals surface area contributed by atoms with Crippen molar-refractivity contribution >= 4 is 0 Å². The molecule has 0 aliphatic carbocycles. The van der Waals surface area contributed by atoms with Crippen LogP contribution in [0.25, 0.3) is 11.1 Å². The van der Waals surface area contributed by atoms with Crippen molar-refractivity contribution in [1.82, 2.24) is 14.8 Å². The van der Waals surface area contributed by atoms with Crippen LogP contribution in [0, 0.1) is 0 Å². The Balaban J connectivity index is 2.17. The fourth-order valence-electron chi connectivity index (χ4n) is 2.53. The minimum Gasteiger partial charge on any atom is -0.325 e. The van der Waals surface area contributed by atoms with Gasteiger partial charge in [0.2, 0.25) is 0 Å². The average Bonchev–Trinajstić information content (AvgIpc) is 2.78. The highest BCUT2D eigenvalue weighted by atomic mass is 15.3. The predicted octanol–water partition coefficient (Wildman–Crippen LogP) is 1.74. The van der Waals surface area contributed by atoms with Gasteiger partial charge in [0.05, 0.1) is 5.69 Å². The zero-order chi connectivity index (χ0) is 11.7. The van der Waals surface area contributed by atoms with Crippen molar-refractivity contribution in [2.45, 2.75) is 32.4 Å². The van der Waals surface area contributed by atoms with Crippen LogP contribution in [0.1, 0.15) is 24.2 Å². The van der Waals surface area contributed by atoms with Crippen molar-refractivity contribution in [1.29, 1.82) is 0 Å². The van der Waals surface area contributed by atoms with Gasteiger partial charge in [0, 0.05) is 42.3 Å². The third-order valence-corrected chi connectivity index (χ3v) is 3.31. The van der Waals surface area contributed by atoms with Gasteiger partial charge in [0.15, 0.2) is 0 Å². The zero-order valence-electron chi connectivity index (χ0n) is 9.76. The van der Waals surface area contributed by atoms with Gasteiger partial charge in [-0.2, -0.15) is 5.10 Å². The highest BCUT2D eigenvalue weighted by molar-refractivity contribution is 5.68. The standard InChI is InChI=1S/C13H16N4/c14-8-11-13(10-4-3-6-15-9-10)12-5-1-2-7-17(12)16-11/h3-4,6,9H,1-2,5,7-8,14H2. The molecule has 0 radical (unpaired) electrons. The van der Waals surface area contributed by atoms with Crippen LogP contribution in [0.15, 0.2) is 24.5 Å². The lowest BCUT2D eigenvalue weighted by Gasteiger charge is -2.14. The Morgan fingerprint density at radius 3 is 3.06 bits per heavy atom. The normalized spacial score (nSPS) is 14.6. The number of nitrogens with zero attached hydrogens (tertiary/aromatic N) is 3. The average molecular weight is 228 g/mol. The van der Waals surface area contributed by atoms with Crippen LogP contribution in [0.2, 0.25) is 0 Å². The van der Waals surface area contributed by atoms with Crippen molar-refractivity contribution < 1.29 is 0 Å². The minimum absolute atomic E-state index is 0.490. The van der Waals surface area contributed by atoms with E-state index in [9.17, 15) is 0 Å². The summed E-state index contributed by atoms with van der Waals surface area (Å²) in [4.78, 5) is 4.19. The summed E-state index contributed by atoms with van der Waals surface area (Å²) >= 11 is 0. The maximum absolute atomic E-state index is 5.80. The molecule has 0 bridgehead atoms. The summed E-state index contributed by atoms with van der Waals surface area (Å²) in [5.74, 6) is 0. The Hall–Kier alpha value is -1.68. The smallest absolute Gasteiger partial charge is 0.0842 e. The summed E-state index contributed by atoms with van der Waals surface area (Å²) in [6, 6.07) is 4.04. The summed E-state index contributed by atoms with van der Waals surface area (Å²) < 4.78 is 2.12. The highest BCUT2D eigenvalue weighted by Gasteiger charge is 2.20. The van der Waals surface area contributed by atoms with Crippen molar-refractivity contribution in [3.63, 3.8) is 0 Å². The second kappa shape index (κ2) is 4.30. The summed E-state index contributed by atoms with van der Waals surface area (Å²) in [5.41, 5.74) is 10.5. The first-order valence-electron chi connectivity index (χ1n) is 6.09. The molecule has 4 nitrogen and oxygen atoms in total. The first-order chi connectivity index (χ1) is 8.40.